The zero-order chi connectivity index (χ0) is 22.9. The molecule has 0 spiro atoms. The van der Waals surface area contributed by atoms with Crippen molar-refractivity contribution in [1.29, 1.82) is 0 Å². The monoisotopic (exact) mass is 447 g/mol. The minimum Gasteiger partial charge on any atom is -0.497 e. The molecule has 0 aromatic heterocycles. The summed E-state index contributed by atoms with van der Waals surface area (Å²) >= 11 is 0. The molecule has 1 saturated heterocycles. The van der Waals surface area contributed by atoms with Crippen molar-refractivity contribution in [3.8, 4) is 5.75 Å². The van der Waals surface area contributed by atoms with Crippen LogP contribution in [0.1, 0.15) is 42.0 Å². The number of hydrogen-bond donors (Lipinski definition) is 3. The normalized spacial score (nSPS) is 22.1. The van der Waals surface area contributed by atoms with Crippen molar-refractivity contribution in [2.45, 2.75) is 43.7 Å². The quantitative estimate of drug-likeness (QED) is 0.636. The van der Waals surface area contributed by atoms with Crippen molar-refractivity contribution >= 4 is 11.8 Å². The second kappa shape index (κ2) is 8.82. The number of hydrogen-bond acceptors (Lipinski definition) is 4. The van der Waals surface area contributed by atoms with Gasteiger partial charge < -0.3 is 15.4 Å². The first-order valence-electron chi connectivity index (χ1n) is 10.4. The standard InChI is InChI=1S/C23H24F3N3O3/c1-32-17-10-6-14(7-11-17)20(13-4-8-16(9-5-13)23(24,25)26)29-22(31)18-12-19(30)28-21(27-18)15-2-3-15/h4-11,15,18,20-21,27H,2-3,12H2,1H3,(H,28,30)(H,29,31). The van der Waals surface area contributed by atoms with Crippen LogP contribution in [-0.4, -0.2) is 31.1 Å². The molecule has 3 N–H and O–H groups in total. The van der Waals surface area contributed by atoms with Crippen LogP contribution in [0, 0.1) is 5.92 Å². The molecule has 32 heavy (non-hydrogen) atoms. The smallest absolute Gasteiger partial charge is 0.416 e. The van der Waals surface area contributed by atoms with E-state index in [9.17, 15) is 22.8 Å². The topological polar surface area (TPSA) is 79.5 Å². The number of halogens is 3. The fraction of sp³-hybridized carbons (Fsp3) is 0.391. The molecule has 0 radical (unpaired) electrons. The van der Waals surface area contributed by atoms with Crippen molar-refractivity contribution < 1.29 is 27.5 Å². The highest BCUT2D eigenvalue weighted by atomic mass is 19.4. The summed E-state index contributed by atoms with van der Waals surface area (Å²) in [5.74, 6) is 0.355. The molecule has 3 atom stereocenters. The molecule has 1 heterocycles. The zero-order valence-corrected chi connectivity index (χ0v) is 17.4. The highest BCUT2D eigenvalue weighted by molar-refractivity contribution is 5.90. The highest BCUT2D eigenvalue weighted by Gasteiger charge is 2.39. The van der Waals surface area contributed by atoms with Gasteiger partial charge in [0, 0.05) is 0 Å². The second-order valence-electron chi connectivity index (χ2n) is 8.14. The molecule has 1 saturated carbocycles. The van der Waals surface area contributed by atoms with Crippen LogP contribution in [-0.2, 0) is 15.8 Å². The summed E-state index contributed by atoms with van der Waals surface area (Å²) in [4.78, 5) is 25.2. The maximum Gasteiger partial charge on any atom is 0.416 e. The first-order valence-corrected chi connectivity index (χ1v) is 10.4. The maximum atomic E-state index is 13.1. The lowest BCUT2D eigenvalue weighted by molar-refractivity contribution is -0.137. The van der Waals surface area contributed by atoms with E-state index in [4.69, 9.17) is 4.74 Å². The van der Waals surface area contributed by atoms with E-state index in [1.54, 1.807) is 24.3 Å². The van der Waals surface area contributed by atoms with Gasteiger partial charge in [0.1, 0.15) is 5.75 Å². The van der Waals surface area contributed by atoms with Crippen molar-refractivity contribution in [2.24, 2.45) is 5.92 Å². The number of alkyl halides is 3. The first kappa shape index (κ1) is 22.1. The fourth-order valence-electron chi connectivity index (χ4n) is 3.85. The molecule has 2 aromatic rings. The molecule has 2 aliphatic rings. The molecule has 170 valence electrons. The number of amides is 2. The van der Waals surface area contributed by atoms with Crippen molar-refractivity contribution in [2.75, 3.05) is 7.11 Å². The van der Waals surface area contributed by atoms with Crippen LogP contribution in [0.15, 0.2) is 48.5 Å². The summed E-state index contributed by atoms with van der Waals surface area (Å²) in [5.41, 5.74) is 0.410. The van der Waals surface area contributed by atoms with Gasteiger partial charge in [-0.25, -0.2) is 0 Å². The first-order chi connectivity index (χ1) is 15.2. The molecule has 2 fully saturated rings. The number of nitrogens with one attached hydrogen (secondary N) is 3. The largest absolute Gasteiger partial charge is 0.497 e. The predicted octanol–water partition coefficient (Wildman–Crippen LogP) is 3.13. The second-order valence-corrected chi connectivity index (χ2v) is 8.14. The number of carbonyl (C=O) groups excluding carboxylic acids is 2. The van der Waals surface area contributed by atoms with Crippen molar-refractivity contribution in [3.05, 3.63) is 65.2 Å². The van der Waals surface area contributed by atoms with Crippen LogP contribution in [0.2, 0.25) is 0 Å². The molecular weight excluding hydrogens is 423 g/mol. The van der Waals surface area contributed by atoms with Gasteiger partial charge in [0.15, 0.2) is 0 Å². The van der Waals surface area contributed by atoms with Gasteiger partial charge in [0.2, 0.25) is 11.8 Å². The van der Waals surface area contributed by atoms with Gasteiger partial charge in [0.05, 0.1) is 37.3 Å². The highest BCUT2D eigenvalue weighted by Crippen LogP contribution is 2.33. The molecule has 9 heteroatoms. The third-order valence-electron chi connectivity index (χ3n) is 5.80. The minimum atomic E-state index is -4.45. The molecule has 2 amide bonds. The summed E-state index contributed by atoms with van der Waals surface area (Å²) in [6.45, 7) is 0. The average Bonchev–Trinajstić information content (AvgIpc) is 3.62. The van der Waals surface area contributed by atoms with Crippen LogP contribution in [0.3, 0.4) is 0 Å². The third-order valence-corrected chi connectivity index (χ3v) is 5.80. The number of rotatable bonds is 6. The Balaban J connectivity index is 1.58. The molecule has 6 nitrogen and oxygen atoms in total. The Morgan fingerprint density at radius 2 is 1.66 bits per heavy atom. The summed E-state index contributed by atoms with van der Waals surface area (Å²) < 4.78 is 44.2. The lowest BCUT2D eigenvalue weighted by Gasteiger charge is -2.32. The SMILES string of the molecule is COc1ccc(C(NC(=O)C2CC(=O)NC(C3CC3)N2)c2ccc(C(F)(F)F)cc2)cc1. The molecule has 3 unspecified atom stereocenters. The van der Waals surface area contributed by atoms with Gasteiger partial charge in [-0.3, -0.25) is 14.9 Å². The predicted molar refractivity (Wildman–Crippen MR) is 111 cm³/mol. The summed E-state index contributed by atoms with van der Waals surface area (Å²) in [7, 11) is 1.53. The Morgan fingerprint density at radius 1 is 1.06 bits per heavy atom. The van der Waals surface area contributed by atoms with Gasteiger partial charge >= 0.3 is 6.18 Å². The van der Waals surface area contributed by atoms with E-state index >= 15 is 0 Å². The Hall–Kier alpha value is -3.07. The number of ether oxygens (including phenoxy) is 1. The molecule has 2 aromatic carbocycles. The van der Waals surface area contributed by atoms with E-state index in [-0.39, 0.29) is 24.4 Å². The van der Waals surface area contributed by atoms with Gasteiger partial charge in [-0.2, -0.15) is 13.2 Å². The van der Waals surface area contributed by atoms with E-state index in [1.165, 1.54) is 19.2 Å². The zero-order valence-electron chi connectivity index (χ0n) is 17.4. The van der Waals surface area contributed by atoms with Crippen LogP contribution in [0.5, 0.6) is 5.75 Å². The summed E-state index contributed by atoms with van der Waals surface area (Å²) in [6.07, 6.45) is -2.71. The van der Waals surface area contributed by atoms with E-state index < -0.39 is 23.8 Å². The van der Waals surface area contributed by atoms with Crippen molar-refractivity contribution in [3.63, 3.8) is 0 Å². The van der Waals surface area contributed by atoms with Crippen LogP contribution in [0.4, 0.5) is 13.2 Å². The Kier molecular flexibility index (Phi) is 6.10. The van der Waals surface area contributed by atoms with Crippen molar-refractivity contribution in [1.82, 2.24) is 16.0 Å². The number of methoxy groups -OCH3 is 1. The third kappa shape index (κ3) is 5.04. The van der Waals surface area contributed by atoms with Gasteiger partial charge in [0.25, 0.3) is 0 Å². The van der Waals surface area contributed by atoms with Crippen LogP contribution >= 0.6 is 0 Å². The molecule has 1 aliphatic carbocycles. The number of benzene rings is 2. The van der Waals surface area contributed by atoms with Gasteiger partial charge in [-0.1, -0.05) is 24.3 Å². The van der Waals surface area contributed by atoms with Gasteiger partial charge in [-0.15, -0.1) is 0 Å². The van der Waals surface area contributed by atoms with E-state index in [0.29, 0.717) is 22.8 Å². The maximum absolute atomic E-state index is 13.1. The van der Waals surface area contributed by atoms with Crippen LogP contribution in [0.25, 0.3) is 0 Å². The number of carbonyl (C=O) groups is 2. The Labute approximate surface area is 183 Å². The summed E-state index contributed by atoms with van der Waals surface area (Å²) in [5, 5.41) is 8.96. The molecular formula is C23H24F3N3O3. The molecule has 1 aliphatic heterocycles. The summed E-state index contributed by atoms with van der Waals surface area (Å²) in [6, 6.07) is 10.2. The van der Waals surface area contributed by atoms with E-state index in [2.05, 4.69) is 16.0 Å². The average molecular weight is 447 g/mol. The van der Waals surface area contributed by atoms with Crippen LogP contribution < -0.4 is 20.7 Å². The van der Waals surface area contributed by atoms with Gasteiger partial charge in [-0.05, 0) is 54.2 Å². The Morgan fingerprint density at radius 3 is 2.19 bits per heavy atom. The fourth-order valence-corrected chi connectivity index (χ4v) is 3.85. The Bertz CT molecular complexity index is 973. The van der Waals surface area contributed by atoms with E-state index in [1.807, 2.05) is 0 Å². The minimum absolute atomic E-state index is 0.00258. The molecule has 0 bridgehead atoms. The lowest BCUT2D eigenvalue weighted by Crippen LogP contribution is -2.61. The van der Waals surface area contributed by atoms with E-state index in [0.717, 1.165) is 25.0 Å². The molecule has 4 rings (SSSR count). The lowest BCUT2D eigenvalue weighted by atomic mass is 9.96.